The first-order valence-electron chi connectivity index (χ1n) is 8.05. The predicted octanol–water partition coefficient (Wildman–Crippen LogP) is 4.45. The van der Waals surface area contributed by atoms with E-state index in [4.69, 9.17) is 4.42 Å². The Morgan fingerprint density at radius 3 is 2.19 bits per heavy atom. The predicted molar refractivity (Wildman–Crippen MR) is 81.4 cm³/mol. The van der Waals surface area contributed by atoms with Crippen LogP contribution in [0, 0.1) is 5.82 Å². The molecule has 1 N–H and O–H groups in total. The fourth-order valence-corrected chi connectivity index (χ4v) is 3.19. The lowest BCUT2D eigenvalue weighted by molar-refractivity contribution is -0.144. The van der Waals surface area contributed by atoms with E-state index in [1.807, 2.05) is 0 Å². The second-order valence-electron chi connectivity index (χ2n) is 6.12. The van der Waals surface area contributed by atoms with E-state index in [1.165, 1.54) is 18.4 Å². The largest absolute Gasteiger partial charge is 0.467 e. The Morgan fingerprint density at radius 1 is 1.00 bits per heavy atom. The zero-order chi connectivity index (χ0) is 19.8. The number of benzene rings is 1. The van der Waals surface area contributed by atoms with Gasteiger partial charge in [0.05, 0.1) is 23.4 Å². The minimum atomic E-state index is -5.17. The van der Waals surface area contributed by atoms with Crippen molar-refractivity contribution in [3.63, 3.8) is 0 Å². The molecule has 2 aromatic rings. The van der Waals surface area contributed by atoms with Gasteiger partial charge in [0, 0.05) is 31.7 Å². The highest BCUT2D eigenvalue weighted by Gasteiger charge is 2.43. The van der Waals surface area contributed by atoms with Gasteiger partial charge in [-0.3, -0.25) is 4.90 Å². The summed E-state index contributed by atoms with van der Waals surface area (Å²) in [7, 11) is 0. The molecule has 0 amide bonds. The van der Waals surface area contributed by atoms with Gasteiger partial charge in [-0.1, -0.05) is 0 Å². The fraction of sp³-hybridized carbons (Fsp3) is 0.412. The van der Waals surface area contributed by atoms with Gasteiger partial charge in [0.15, 0.2) is 0 Å². The molecule has 3 nitrogen and oxygen atoms in total. The number of piperazine rings is 1. The Kier molecular flexibility index (Phi) is 5.22. The highest BCUT2D eigenvalue weighted by Crippen LogP contribution is 2.43. The Morgan fingerprint density at radius 2 is 1.67 bits per heavy atom. The number of rotatable bonds is 3. The summed E-state index contributed by atoms with van der Waals surface area (Å²) in [4.78, 5) is 1.55. The van der Waals surface area contributed by atoms with Gasteiger partial charge in [0.2, 0.25) is 0 Å². The summed E-state index contributed by atoms with van der Waals surface area (Å²) in [6.45, 7) is 1.45. The first-order chi connectivity index (χ1) is 12.6. The molecule has 0 aliphatic carbocycles. The first kappa shape index (κ1) is 19.7. The summed E-state index contributed by atoms with van der Waals surface area (Å²) in [6, 6.07) is 1.57. The van der Waals surface area contributed by atoms with Gasteiger partial charge in [-0.25, -0.2) is 4.39 Å². The van der Waals surface area contributed by atoms with Gasteiger partial charge in [0.25, 0.3) is 0 Å². The highest BCUT2D eigenvalue weighted by molar-refractivity contribution is 5.41. The average molecular weight is 396 g/mol. The molecule has 1 atom stereocenters. The molecule has 1 fully saturated rings. The van der Waals surface area contributed by atoms with E-state index in [1.54, 1.807) is 4.90 Å². The van der Waals surface area contributed by atoms with E-state index in [-0.39, 0.29) is 31.0 Å². The van der Waals surface area contributed by atoms with Crippen LogP contribution in [0.2, 0.25) is 0 Å². The third-order valence-electron chi connectivity index (χ3n) is 4.37. The molecule has 10 heteroatoms. The fourth-order valence-electron chi connectivity index (χ4n) is 3.19. The molecule has 1 aromatic heterocycles. The van der Waals surface area contributed by atoms with Gasteiger partial charge >= 0.3 is 12.4 Å². The maximum absolute atomic E-state index is 14.7. The Labute approximate surface area is 149 Å². The molecule has 1 aliphatic heterocycles. The number of halogens is 7. The van der Waals surface area contributed by atoms with E-state index in [2.05, 4.69) is 5.32 Å². The molecular formula is C17H15F7N2O. The van der Waals surface area contributed by atoms with E-state index < -0.39 is 40.9 Å². The number of nitrogens with one attached hydrogen (secondary N) is 1. The Bertz CT molecular complexity index is 778. The molecule has 1 saturated heterocycles. The number of nitrogens with zero attached hydrogens (tertiary/aromatic N) is 1. The lowest BCUT2D eigenvalue weighted by Gasteiger charge is -2.35. The van der Waals surface area contributed by atoms with Gasteiger partial charge < -0.3 is 9.73 Å². The van der Waals surface area contributed by atoms with Crippen LogP contribution in [0.15, 0.2) is 34.9 Å². The number of furan rings is 1. The minimum Gasteiger partial charge on any atom is -0.467 e. The molecule has 148 valence electrons. The third-order valence-corrected chi connectivity index (χ3v) is 4.37. The number of hydrogen-bond donors (Lipinski definition) is 1. The molecule has 27 heavy (non-hydrogen) atoms. The van der Waals surface area contributed by atoms with E-state index in [0.717, 1.165) is 0 Å². The van der Waals surface area contributed by atoms with Crippen molar-refractivity contribution in [2.24, 2.45) is 0 Å². The summed E-state index contributed by atoms with van der Waals surface area (Å²) in [5.41, 5.74) is -4.21. The van der Waals surface area contributed by atoms with Crippen LogP contribution in [-0.2, 0) is 12.4 Å². The SMILES string of the molecule is Fc1cc(C(F)(F)F)cc(C(F)(F)F)c1[C@H](c1ccco1)N1CCNCC1. The number of alkyl halides is 6. The van der Waals surface area contributed by atoms with Crippen molar-refractivity contribution >= 4 is 0 Å². The van der Waals surface area contributed by atoms with Crippen LogP contribution in [0.1, 0.15) is 28.5 Å². The highest BCUT2D eigenvalue weighted by atomic mass is 19.4. The molecule has 2 heterocycles. The average Bonchev–Trinajstić information content (AvgIpc) is 3.09. The van der Waals surface area contributed by atoms with Crippen molar-refractivity contribution in [3.05, 3.63) is 58.8 Å². The first-order valence-corrected chi connectivity index (χ1v) is 8.05. The van der Waals surface area contributed by atoms with E-state index >= 15 is 0 Å². The van der Waals surface area contributed by atoms with E-state index in [9.17, 15) is 30.7 Å². The maximum Gasteiger partial charge on any atom is 0.416 e. The summed E-state index contributed by atoms with van der Waals surface area (Å²) in [6.07, 6.45) is -9.05. The standard InChI is InChI=1S/C17H15F7N2O/c18-12-9-10(16(19,20)21)8-11(17(22,23)24)14(12)15(13-2-1-7-27-13)26-5-3-25-4-6-26/h1-2,7-9,15,25H,3-6H2/t15-/m0/s1. The van der Waals surface area contributed by atoms with Crippen molar-refractivity contribution < 1.29 is 35.2 Å². The van der Waals surface area contributed by atoms with Crippen LogP contribution in [-0.4, -0.2) is 31.1 Å². The maximum atomic E-state index is 14.7. The quantitative estimate of drug-likeness (QED) is 0.778. The van der Waals surface area contributed by atoms with Gasteiger partial charge in [0.1, 0.15) is 11.6 Å². The monoisotopic (exact) mass is 396 g/mol. The van der Waals surface area contributed by atoms with Crippen molar-refractivity contribution in [2.75, 3.05) is 26.2 Å². The zero-order valence-corrected chi connectivity index (χ0v) is 13.8. The second kappa shape index (κ2) is 7.16. The van der Waals surface area contributed by atoms with Crippen molar-refractivity contribution in [1.82, 2.24) is 10.2 Å². The molecule has 0 saturated carbocycles. The second-order valence-corrected chi connectivity index (χ2v) is 6.12. The minimum absolute atomic E-state index is 0.0288. The smallest absolute Gasteiger partial charge is 0.416 e. The summed E-state index contributed by atoms with van der Waals surface area (Å²) in [5, 5.41) is 3.02. The summed E-state index contributed by atoms with van der Waals surface area (Å²) >= 11 is 0. The van der Waals surface area contributed by atoms with E-state index in [0.29, 0.717) is 13.1 Å². The van der Waals surface area contributed by atoms with Crippen LogP contribution < -0.4 is 5.32 Å². The molecule has 1 aromatic carbocycles. The molecule has 1 aliphatic rings. The van der Waals surface area contributed by atoms with Crippen molar-refractivity contribution in [1.29, 1.82) is 0 Å². The van der Waals surface area contributed by atoms with Crippen LogP contribution in [0.25, 0.3) is 0 Å². The van der Waals surface area contributed by atoms with Crippen LogP contribution >= 0.6 is 0 Å². The molecule has 0 spiro atoms. The van der Waals surface area contributed by atoms with Crippen LogP contribution in [0.5, 0.6) is 0 Å². The third kappa shape index (κ3) is 4.11. The molecule has 0 radical (unpaired) electrons. The summed E-state index contributed by atoms with van der Waals surface area (Å²) in [5.74, 6) is -1.54. The van der Waals surface area contributed by atoms with Crippen LogP contribution in [0.4, 0.5) is 30.7 Å². The molecule has 0 bridgehead atoms. The lowest BCUT2D eigenvalue weighted by Crippen LogP contribution is -2.46. The number of hydrogen-bond acceptors (Lipinski definition) is 3. The van der Waals surface area contributed by atoms with Gasteiger partial charge in [-0.15, -0.1) is 0 Å². The molecule has 0 unspecified atom stereocenters. The van der Waals surface area contributed by atoms with Gasteiger partial charge in [-0.2, -0.15) is 26.3 Å². The topological polar surface area (TPSA) is 28.4 Å². The van der Waals surface area contributed by atoms with Gasteiger partial charge in [-0.05, 0) is 24.3 Å². The normalized spacial score (nSPS) is 17.9. The van der Waals surface area contributed by atoms with Crippen molar-refractivity contribution in [3.8, 4) is 0 Å². The molecular weight excluding hydrogens is 381 g/mol. The lowest BCUT2D eigenvalue weighted by atomic mass is 9.93. The zero-order valence-electron chi connectivity index (χ0n) is 13.8. The van der Waals surface area contributed by atoms with Crippen molar-refractivity contribution in [2.45, 2.75) is 18.4 Å². The summed E-state index contributed by atoms with van der Waals surface area (Å²) < 4.78 is 99.4. The Balaban J connectivity index is 2.22. The molecule has 3 rings (SSSR count). The van der Waals surface area contributed by atoms with Crippen LogP contribution in [0.3, 0.4) is 0 Å². The Hall–Kier alpha value is -2.07.